The summed E-state index contributed by atoms with van der Waals surface area (Å²) in [5.74, 6) is -0.486. The topological polar surface area (TPSA) is 57.5 Å². The third-order valence-corrected chi connectivity index (χ3v) is 3.70. The van der Waals surface area contributed by atoms with Gasteiger partial charge in [-0.25, -0.2) is 0 Å². The van der Waals surface area contributed by atoms with Crippen molar-refractivity contribution in [2.45, 2.75) is 50.7 Å². The van der Waals surface area contributed by atoms with Crippen molar-refractivity contribution in [1.29, 1.82) is 0 Å². The number of hydrogen-bond donors (Lipinski definition) is 2. The van der Waals surface area contributed by atoms with E-state index in [1.54, 1.807) is 12.2 Å². The summed E-state index contributed by atoms with van der Waals surface area (Å²) in [6, 6.07) is 0. The lowest BCUT2D eigenvalue weighted by atomic mass is 9.92. The molecule has 3 heteroatoms. The summed E-state index contributed by atoms with van der Waals surface area (Å²) < 4.78 is 0. The van der Waals surface area contributed by atoms with Gasteiger partial charge < -0.3 is 10.2 Å². The van der Waals surface area contributed by atoms with Crippen molar-refractivity contribution in [2.75, 3.05) is 0 Å². The van der Waals surface area contributed by atoms with Gasteiger partial charge in [-0.1, -0.05) is 51.2 Å². The van der Waals surface area contributed by atoms with Gasteiger partial charge in [0.25, 0.3) is 0 Å². The van der Waals surface area contributed by atoms with E-state index in [1.165, 1.54) is 6.08 Å². The Morgan fingerprint density at radius 1 is 1.47 bits per heavy atom. The molecule has 1 saturated carbocycles. The number of unbranched alkanes of at least 4 members (excludes halogenated alkanes) is 2. The molecular formula is C16H24O3. The molecule has 0 spiro atoms. The normalized spacial score (nSPS) is 26.9. The monoisotopic (exact) mass is 264 g/mol. The molecule has 1 fully saturated rings. The largest absolute Gasteiger partial charge is 0.392 e. The van der Waals surface area contributed by atoms with Gasteiger partial charge in [-0.2, -0.15) is 0 Å². The standard InChI is InChI=1S/C16H24O3/c1-4-6-7-9-16(19,5-2)10-8-13-12(3)14(17)11-15(13)18/h5,8,10,13,15,18-19H,2-4,6-7,9,11H2,1H3/b10-8+/t13-,15-,16?/m1/s1. The Morgan fingerprint density at radius 2 is 2.16 bits per heavy atom. The van der Waals surface area contributed by atoms with Crippen LogP contribution in [0.1, 0.15) is 39.0 Å². The molecule has 0 saturated heterocycles. The average Bonchev–Trinajstić information content (AvgIpc) is 2.62. The van der Waals surface area contributed by atoms with Crippen molar-refractivity contribution in [2.24, 2.45) is 5.92 Å². The molecule has 1 aliphatic rings. The smallest absolute Gasteiger partial charge is 0.161 e. The van der Waals surface area contributed by atoms with Gasteiger partial charge in [0.2, 0.25) is 0 Å². The summed E-state index contributed by atoms with van der Waals surface area (Å²) in [5, 5.41) is 20.1. The molecule has 1 aliphatic carbocycles. The Kier molecular flexibility index (Phi) is 5.70. The van der Waals surface area contributed by atoms with E-state index in [9.17, 15) is 15.0 Å². The van der Waals surface area contributed by atoms with Gasteiger partial charge in [-0.3, -0.25) is 4.79 Å². The Morgan fingerprint density at radius 3 is 2.63 bits per heavy atom. The quantitative estimate of drug-likeness (QED) is 0.422. The fourth-order valence-electron chi connectivity index (χ4n) is 2.29. The van der Waals surface area contributed by atoms with Crippen molar-refractivity contribution in [1.82, 2.24) is 0 Å². The molecule has 3 nitrogen and oxygen atoms in total. The predicted octanol–water partition coefficient (Wildman–Crippen LogP) is 2.55. The van der Waals surface area contributed by atoms with E-state index in [4.69, 9.17) is 0 Å². The van der Waals surface area contributed by atoms with Gasteiger partial charge in [-0.05, 0) is 18.4 Å². The zero-order chi connectivity index (χ0) is 14.5. The number of aliphatic hydroxyl groups is 2. The maximum Gasteiger partial charge on any atom is 0.161 e. The van der Waals surface area contributed by atoms with Crippen molar-refractivity contribution in [3.8, 4) is 0 Å². The van der Waals surface area contributed by atoms with Crippen molar-refractivity contribution in [3.63, 3.8) is 0 Å². The molecule has 1 rings (SSSR count). The number of ketones is 1. The number of hydrogen-bond acceptors (Lipinski definition) is 3. The van der Waals surface area contributed by atoms with Gasteiger partial charge in [0, 0.05) is 12.3 Å². The molecular weight excluding hydrogens is 240 g/mol. The minimum atomic E-state index is -1.07. The van der Waals surface area contributed by atoms with Gasteiger partial charge in [0.1, 0.15) is 5.60 Å². The molecule has 1 unspecified atom stereocenters. The van der Waals surface area contributed by atoms with Crippen LogP contribution in [-0.2, 0) is 4.79 Å². The van der Waals surface area contributed by atoms with Crippen LogP contribution in [0.4, 0.5) is 0 Å². The average molecular weight is 264 g/mol. The first-order valence-electron chi connectivity index (χ1n) is 6.89. The zero-order valence-electron chi connectivity index (χ0n) is 11.6. The minimum absolute atomic E-state index is 0.102. The third kappa shape index (κ3) is 4.15. The van der Waals surface area contributed by atoms with E-state index in [2.05, 4.69) is 20.1 Å². The summed E-state index contributed by atoms with van der Waals surface area (Å²) in [4.78, 5) is 11.4. The highest BCUT2D eigenvalue weighted by Crippen LogP contribution is 2.30. The summed E-state index contributed by atoms with van der Waals surface area (Å²) in [6.07, 6.45) is 7.88. The van der Waals surface area contributed by atoms with Crippen LogP contribution in [0.2, 0.25) is 0 Å². The number of carbonyl (C=O) groups excluding carboxylic acids is 1. The Labute approximate surface area is 115 Å². The summed E-state index contributed by atoms with van der Waals surface area (Å²) in [6.45, 7) is 9.46. The van der Waals surface area contributed by atoms with Crippen LogP contribution in [0.5, 0.6) is 0 Å². The molecule has 0 aromatic heterocycles. The molecule has 0 aliphatic heterocycles. The van der Waals surface area contributed by atoms with Crippen LogP contribution in [0.3, 0.4) is 0 Å². The van der Waals surface area contributed by atoms with Crippen LogP contribution in [0.15, 0.2) is 37.0 Å². The maximum atomic E-state index is 11.4. The van der Waals surface area contributed by atoms with Gasteiger partial charge in [-0.15, -0.1) is 0 Å². The van der Waals surface area contributed by atoms with Crippen molar-refractivity contribution >= 4 is 5.78 Å². The first-order chi connectivity index (χ1) is 8.93. The number of carbonyl (C=O) groups is 1. The fraction of sp³-hybridized carbons (Fsp3) is 0.562. The first kappa shape index (κ1) is 15.9. The van der Waals surface area contributed by atoms with E-state index < -0.39 is 11.7 Å². The molecule has 0 radical (unpaired) electrons. The summed E-state index contributed by atoms with van der Waals surface area (Å²) in [7, 11) is 0. The molecule has 3 atom stereocenters. The highest BCUT2D eigenvalue weighted by atomic mass is 16.3. The van der Waals surface area contributed by atoms with Gasteiger partial charge in [0.05, 0.1) is 6.10 Å². The van der Waals surface area contributed by atoms with E-state index in [0.29, 0.717) is 12.0 Å². The van der Waals surface area contributed by atoms with Crippen LogP contribution in [0.25, 0.3) is 0 Å². The SMILES string of the molecule is C=CC(O)(/C=C/[C@@H]1C(=C)C(=O)C[C@H]1O)CCCCC. The lowest BCUT2D eigenvalue weighted by Crippen LogP contribution is -2.23. The van der Waals surface area contributed by atoms with Crippen LogP contribution >= 0.6 is 0 Å². The first-order valence-corrected chi connectivity index (χ1v) is 6.89. The van der Waals surface area contributed by atoms with Crippen molar-refractivity contribution in [3.05, 3.63) is 37.0 Å². The Hall–Kier alpha value is -1.19. The van der Waals surface area contributed by atoms with E-state index >= 15 is 0 Å². The van der Waals surface area contributed by atoms with Crippen LogP contribution < -0.4 is 0 Å². The molecule has 0 heterocycles. The molecule has 2 N–H and O–H groups in total. The molecule has 19 heavy (non-hydrogen) atoms. The molecule has 106 valence electrons. The van der Waals surface area contributed by atoms with Crippen molar-refractivity contribution < 1.29 is 15.0 Å². The minimum Gasteiger partial charge on any atom is -0.392 e. The second-order valence-corrected chi connectivity index (χ2v) is 5.26. The maximum absolute atomic E-state index is 11.4. The van der Waals surface area contributed by atoms with E-state index in [0.717, 1.165) is 19.3 Å². The van der Waals surface area contributed by atoms with Crippen LogP contribution in [0, 0.1) is 5.92 Å². The predicted molar refractivity (Wildman–Crippen MR) is 76.7 cm³/mol. The van der Waals surface area contributed by atoms with Gasteiger partial charge in [0.15, 0.2) is 5.78 Å². The van der Waals surface area contributed by atoms with Crippen LogP contribution in [-0.4, -0.2) is 27.7 Å². The number of rotatable bonds is 7. The molecule has 0 bridgehead atoms. The lowest BCUT2D eigenvalue weighted by Gasteiger charge is -2.21. The zero-order valence-corrected chi connectivity index (χ0v) is 11.6. The number of Topliss-reactive ketones (excluding diaryl/α,β-unsaturated/α-hetero) is 1. The summed E-state index contributed by atoms with van der Waals surface area (Å²) in [5.41, 5.74) is -0.649. The second kappa shape index (κ2) is 6.83. The molecule has 0 aromatic carbocycles. The van der Waals surface area contributed by atoms with E-state index in [1.807, 2.05) is 0 Å². The third-order valence-electron chi connectivity index (χ3n) is 3.70. The number of aliphatic hydroxyl groups excluding tert-OH is 1. The second-order valence-electron chi connectivity index (χ2n) is 5.26. The fourth-order valence-corrected chi connectivity index (χ4v) is 2.29. The molecule has 0 amide bonds. The highest BCUT2D eigenvalue weighted by molar-refractivity contribution is 5.98. The Balaban J connectivity index is 2.69. The lowest BCUT2D eigenvalue weighted by molar-refractivity contribution is -0.115. The highest BCUT2D eigenvalue weighted by Gasteiger charge is 2.34. The van der Waals surface area contributed by atoms with Gasteiger partial charge >= 0.3 is 0 Å². The molecule has 0 aromatic rings. The summed E-state index contributed by atoms with van der Waals surface area (Å²) >= 11 is 0. The van der Waals surface area contributed by atoms with E-state index in [-0.39, 0.29) is 18.1 Å². The Bertz CT molecular complexity index is 383.